The molecule has 2 aromatic rings. The van der Waals surface area contributed by atoms with Crippen molar-refractivity contribution in [2.75, 3.05) is 13.1 Å². The Balaban J connectivity index is 1.95. The van der Waals surface area contributed by atoms with Gasteiger partial charge in [-0.3, -0.25) is 0 Å². The van der Waals surface area contributed by atoms with Crippen LogP contribution in [0.15, 0.2) is 53.0 Å². The first kappa shape index (κ1) is 13.8. The van der Waals surface area contributed by atoms with Crippen LogP contribution in [-0.4, -0.2) is 13.1 Å². The van der Waals surface area contributed by atoms with Gasteiger partial charge in [-0.25, -0.2) is 0 Å². The monoisotopic (exact) mass is 329 g/mol. The number of hydrogen-bond donors (Lipinski definition) is 1. The van der Waals surface area contributed by atoms with E-state index in [2.05, 4.69) is 76.7 Å². The molecule has 1 saturated heterocycles. The Morgan fingerprint density at radius 1 is 1.00 bits per heavy atom. The molecule has 1 heterocycles. The third kappa shape index (κ3) is 2.97. The van der Waals surface area contributed by atoms with Gasteiger partial charge in [0.15, 0.2) is 0 Å². The lowest BCUT2D eigenvalue weighted by atomic mass is 9.77. The number of rotatable bonds is 2. The van der Waals surface area contributed by atoms with E-state index in [1.807, 2.05) is 0 Å². The summed E-state index contributed by atoms with van der Waals surface area (Å²) in [5.74, 6) is 1.17. The van der Waals surface area contributed by atoms with Crippen LogP contribution in [-0.2, 0) is 0 Å². The molecule has 3 rings (SSSR count). The fourth-order valence-corrected chi connectivity index (χ4v) is 3.66. The number of nitrogens with one attached hydrogen (secondary N) is 1. The van der Waals surface area contributed by atoms with Crippen LogP contribution in [0.5, 0.6) is 0 Å². The van der Waals surface area contributed by atoms with Gasteiger partial charge in [0.1, 0.15) is 0 Å². The maximum absolute atomic E-state index is 3.60. The van der Waals surface area contributed by atoms with E-state index in [1.165, 1.54) is 27.6 Å². The zero-order chi connectivity index (χ0) is 13.9. The summed E-state index contributed by atoms with van der Waals surface area (Å²) >= 11 is 3.60. The molecule has 1 aliphatic rings. The van der Waals surface area contributed by atoms with Crippen molar-refractivity contribution in [1.29, 1.82) is 0 Å². The van der Waals surface area contributed by atoms with E-state index in [4.69, 9.17) is 0 Å². The molecule has 0 amide bonds. The Bertz CT molecular complexity index is 540. The number of halogens is 1. The van der Waals surface area contributed by atoms with E-state index in [-0.39, 0.29) is 0 Å². The SMILES string of the molecule is Cc1cccc(C2CCNCC2c2cccc(Br)c2)c1. The number of piperidine rings is 1. The fraction of sp³-hybridized carbons (Fsp3) is 0.333. The molecule has 1 aliphatic heterocycles. The van der Waals surface area contributed by atoms with Gasteiger partial charge in [0.05, 0.1) is 0 Å². The van der Waals surface area contributed by atoms with Gasteiger partial charge in [-0.1, -0.05) is 57.9 Å². The molecule has 1 N–H and O–H groups in total. The highest BCUT2D eigenvalue weighted by Gasteiger charge is 2.27. The highest BCUT2D eigenvalue weighted by atomic mass is 79.9. The van der Waals surface area contributed by atoms with Crippen molar-refractivity contribution in [3.05, 3.63) is 69.7 Å². The van der Waals surface area contributed by atoms with Crippen molar-refractivity contribution < 1.29 is 0 Å². The number of benzene rings is 2. The maximum Gasteiger partial charge on any atom is 0.0178 e. The third-order valence-electron chi connectivity index (χ3n) is 4.23. The van der Waals surface area contributed by atoms with Crippen LogP contribution in [0, 0.1) is 6.92 Å². The van der Waals surface area contributed by atoms with E-state index in [9.17, 15) is 0 Å². The molecule has 1 fully saturated rings. The topological polar surface area (TPSA) is 12.0 Å². The summed E-state index contributed by atoms with van der Waals surface area (Å²) in [7, 11) is 0. The first-order valence-electron chi connectivity index (χ1n) is 7.27. The molecule has 0 radical (unpaired) electrons. The van der Waals surface area contributed by atoms with E-state index in [1.54, 1.807) is 0 Å². The normalized spacial score (nSPS) is 22.7. The van der Waals surface area contributed by atoms with E-state index >= 15 is 0 Å². The highest BCUT2D eigenvalue weighted by Crippen LogP contribution is 2.38. The van der Waals surface area contributed by atoms with Gasteiger partial charge in [0.25, 0.3) is 0 Å². The third-order valence-corrected chi connectivity index (χ3v) is 4.72. The van der Waals surface area contributed by atoms with Crippen LogP contribution in [0.3, 0.4) is 0 Å². The van der Waals surface area contributed by atoms with Crippen molar-refractivity contribution in [2.45, 2.75) is 25.2 Å². The van der Waals surface area contributed by atoms with Crippen LogP contribution < -0.4 is 5.32 Å². The molecule has 2 unspecified atom stereocenters. The van der Waals surface area contributed by atoms with Crippen LogP contribution in [0.4, 0.5) is 0 Å². The first-order valence-corrected chi connectivity index (χ1v) is 8.06. The molecule has 0 aliphatic carbocycles. The molecule has 0 bridgehead atoms. The van der Waals surface area contributed by atoms with E-state index in [0.717, 1.165) is 13.1 Å². The van der Waals surface area contributed by atoms with Crippen LogP contribution >= 0.6 is 15.9 Å². The first-order chi connectivity index (χ1) is 9.74. The Morgan fingerprint density at radius 2 is 1.75 bits per heavy atom. The van der Waals surface area contributed by atoms with Gasteiger partial charge in [-0.05, 0) is 49.1 Å². The minimum atomic E-state index is 0.558. The van der Waals surface area contributed by atoms with Gasteiger partial charge >= 0.3 is 0 Å². The summed E-state index contributed by atoms with van der Waals surface area (Å²) in [6.07, 6.45) is 1.21. The van der Waals surface area contributed by atoms with Crippen LogP contribution in [0.2, 0.25) is 0 Å². The quantitative estimate of drug-likeness (QED) is 0.847. The lowest BCUT2D eigenvalue weighted by Gasteiger charge is -2.33. The second kappa shape index (κ2) is 6.11. The Hall–Kier alpha value is -1.12. The molecule has 1 nitrogen and oxygen atoms in total. The van der Waals surface area contributed by atoms with Gasteiger partial charge < -0.3 is 5.32 Å². The standard InChI is InChI=1S/C18H20BrN/c1-13-4-2-5-14(10-13)17-8-9-20-12-18(17)15-6-3-7-16(19)11-15/h2-7,10-11,17-18,20H,8-9,12H2,1H3. The molecule has 2 heteroatoms. The molecule has 0 spiro atoms. The molecule has 20 heavy (non-hydrogen) atoms. The van der Waals surface area contributed by atoms with Crippen molar-refractivity contribution in [3.63, 3.8) is 0 Å². The zero-order valence-corrected chi connectivity index (χ0v) is 13.4. The smallest absolute Gasteiger partial charge is 0.0178 e. The zero-order valence-electron chi connectivity index (χ0n) is 11.8. The Labute approximate surface area is 129 Å². The minimum absolute atomic E-state index is 0.558. The van der Waals surface area contributed by atoms with Crippen molar-refractivity contribution in [1.82, 2.24) is 5.32 Å². The van der Waals surface area contributed by atoms with Gasteiger partial charge in [-0.2, -0.15) is 0 Å². The van der Waals surface area contributed by atoms with Crippen LogP contribution in [0.1, 0.15) is 34.9 Å². The summed E-state index contributed by atoms with van der Waals surface area (Å²) in [5.41, 5.74) is 4.27. The summed E-state index contributed by atoms with van der Waals surface area (Å²) < 4.78 is 1.17. The Morgan fingerprint density at radius 3 is 2.50 bits per heavy atom. The largest absolute Gasteiger partial charge is 0.316 e. The maximum atomic E-state index is 3.60. The summed E-state index contributed by atoms with van der Waals surface area (Å²) in [4.78, 5) is 0. The molecule has 104 valence electrons. The van der Waals surface area contributed by atoms with Gasteiger partial charge in [-0.15, -0.1) is 0 Å². The van der Waals surface area contributed by atoms with Crippen molar-refractivity contribution in [2.24, 2.45) is 0 Å². The second-order valence-electron chi connectivity index (χ2n) is 5.67. The van der Waals surface area contributed by atoms with Crippen molar-refractivity contribution in [3.8, 4) is 0 Å². The molecular weight excluding hydrogens is 310 g/mol. The highest BCUT2D eigenvalue weighted by molar-refractivity contribution is 9.10. The molecule has 0 saturated carbocycles. The summed E-state index contributed by atoms with van der Waals surface area (Å²) in [6, 6.07) is 17.8. The minimum Gasteiger partial charge on any atom is -0.316 e. The molecular formula is C18H20BrN. The molecule has 2 atom stereocenters. The molecule has 2 aromatic carbocycles. The number of aryl methyl sites for hydroxylation is 1. The molecule has 0 aromatic heterocycles. The van der Waals surface area contributed by atoms with E-state index < -0.39 is 0 Å². The van der Waals surface area contributed by atoms with Gasteiger partial charge in [0.2, 0.25) is 0 Å². The number of hydrogen-bond acceptors (Lipinski definition) is 1. The lowest BCUT2D eigenvalue weighted by molar-refractivity contribution is 0.404. The lowest BCUT2D eigenvalue weighted by Crippen LogP contribution is -2.34. The Kier molecular flexibility index (Phi) is 4.23. The van der Waals surface area contributed by atoms with E-state index in [0.29, 0.717) is 11.8 Å². The average molecular weight is 330 g/mol. The van der Waals surface area contributed by atoms with Crippen LogP contribution in [0.25, 0.3) is 0 Å². The second-order valence-corrected chi connectivity index (χ2v) is 6.59. The van der Waals surface area contributed by atoms with Gasteiger partial charge in [0, 0.05) is 16.9 Å². The predicted octanol–water partition coefficient (Wildman–Crippen LogP) is 4.62. The van der Waals surface area contributed by atoms with Crippen molar-refractivity contribution >= 4 is 15.9 Å². The average Bonchev–Trinajstić information content (AvgIpc) is 2.47. The summed E-state index contributed by atoms with van der Waals surface area (Å²) in [6.45, 7) is 4.36. The summed E-state index contributed by atoms with van der Waals surface area (Å²) in [5, 5.41) is 3.55. The predicted molar refractivity (Wildman–Crippen MR) is 88.3 cm³/mol. The fourth-order valence-electron chi connectivity index (χ4n) is 3.25.